The predicted octanol–water partition coefficient (Wildman–Crippen LogP) is -1.12. The van der Waals surface area contributed by atoms with E-state index >= 15 is 0 Å². The van der Waals surface area contributed by atoms with Gasteiger partial charge in [-0.05, 0) is 49.2 Å². The van der Waals surface area contributed by atoms with E-state index in [-0.39, 0.29) is 138 Å². The standard InChI is InChI=1S/C9H7ClF3NO.C9H5ClF3N.CH2O3.2K.H2O2.H/c1-4-2-5(8(14)15)3-6(7(4)10)9(11,12)13;1-5-2-6(4-14)3-7(8(5)10)9(11,12)13;2-1-4-3;;;1-2;/h2-3H,1H3,(H2,14,15);2-3H,1H3;1,3H;;;1-2H;/q;;;2*+1;;-1/p-1. The summed E-state index contributed by atoms with van der Waals surface area (Å²) < 4.78 is 74.4. The van der Waals surface area contributed by atoms with E-state index in [4.69, 9.17) is 54.8 Å². The first-order chi connectivity index (χ1) is 16.0. The van der Waals surface area contributed by atoms with E-state index < -0.39 is 34.4 Å². The summed E-state index contributed by atoms with van der Waals surface area (Å²) in [5, 5.41) is 28.2. The van der Waals surface area contributed by atoms with E-state index in [0.29, 0.717) is 6.07 Å². The number of hydrogen-bond donors (Lipinski definition) is 3. The number of nitrogens with zero attached hydrogens (tertiary/aromatic N) is 1. The number of nitrogens with two attached hydrogens (primary N) is 1. The molecular weight excluding hydrogens is 615 g/mol. The van der Waals surface area contributed by atoms with Crippen molar-refractivity contribution in [2.24, 2.45) is 5.73 Å². The smallest absolute Gasteiger partial charge is 1.00 e. The van der Waals surface area contributed by atoms with Crippen molar-refractivity contribution in [1.82, 2.24) is 0 Å². The number of aryl methyl sites for hydroxylation is 2. The Hall–Kier alpha value is 0.183. The van der Waals surface area contributed by atoms with Crippen molar-refractivity contribution in [2.75, 3.05) is 0 Å². The summed E-state index contributed by atoms with van der Waals surface area (Å²) in [5.41, 5.74) is 3.06. The van der Waals surface area contributed by atoms with Gasteiger partial charge in [-0.3, -0.25) is 20.1 Å². The molecule has 0 saturated carbocycles. The Morgan fingerprint density at radius 3 is 1.65 bits per heavy atom. The summed E-state index contributed by atoms with van der Waals surface area (Å²) >= 11 is 11.0. The maximum atomic E-state index is 12.4. The van der Waals surface area contributed by atoms with Crippen LogP contribution >= 0.6 is 23.2 Å². The van der Waals surface area contributed by atoms with Crippen LogP contribution in [0, 0.1) is 25.2 Å². The van der Waals surface area contributed by atoms with Crippen molar-refractivity contribution in [2.45, 2.75) is 26.2 Å². The summed E-state index contributed by atoms with van der Waals surface area (Å²) in [5.74, 6) is -0.916. The number of alkyl halides is 6. The molecule has 0 aliphatic heterocycles. The fraction of sp³-hybridized carbons (Fsp3) is 0.211. The van der Waals surface area contributed by atoms with Gasteiger partial charge in [0.1, 0.15) is 0 Å². The number of halogens is 8. The van der Waals surface area contributed by atoms with Gasteiger partial charge in [-0.15, -0.1) is 0 Å². The molecule has 8 nitrogen and oxygen atoms in total. The van der Waals surface area contributed by atoms with Crippen LogP contribution in [-0.4, -0.2) is 22.9 Å². The van der Waals surface area contributed by atoms with Crippen LogP contribution in [0.2, 0.25) is 10.0 Å². The van der Waals surface area contributed by atoms with Crippen molar-refractivity contribution in [3.05, 3.63) is 67.7 Å². The molecule has 196 valence electrons. The Balaban J connectivity index is -0.000000149. The van der Waals surface area contributed by atoms with E-state index in [9.17, 15) is 31.1 Å². The van der Waals surface area contributed by atoms with E-state index in [0.717, 1.165) is 6.07 Å². The molecule has 0 fully saturated rings. The second-order valence-corrected chi connectivity index (χ2v) is 6.73. The second kappa shape index (κ2) is 21.0. The zero-order chi connectivity index (χ0) is 28.1. The molecule has 4 N–H and O–H groups in total. The molecule has 2 aromatic carbocycles. The molecule has 1 amide bonds. The van der Waals surface area contributed by atoms with Crippen molar-refractivity contribution in [3.8, 4) is 6.07 Å². The number of hydrogen-bond acceptors (Lipinski definition) is 7. The van der Waals surface area contributed by atoms with Crippen LogP contribution in [0.3, 0.4) is 0 Å². The van der Waals surface area contributed by atoms with Crippen LogP contribution in [0.5, 0.6) is 0 Å². The number of carbonyl (C=O) groups is 2. The van der Waals surface area contributed by atoms with E-state index in [1.54, 1.807) is 6.07 Å². The van der Waals surface area contributed by atoms with Crippen LogP contribution in [0.4, 0.5) is 26.3 Å². The number of primary amides is 1. The van der Waals surface area contributed by atoms with E-state index in [2.05, 4.69) is 4.89 Å². The largest absolute Gasteiger partial charge is 1.00 e. The Kier molecular flexibility index (Phi) is 25.1. The molecule has 2 aromatic rings. The molecule has 18 heteroatoms. The summed E-state index contributed by atoms with van der Waals surface area (Å²) in [6.45, 7) is 2.63. The summed E-state index contributed by atoms with van der Waals surface area (Å²) in [6, 6.07) is 5.58. The quantitative estimate of drug-likeness (QED) is 0.125. The number of nitriles is 1. The molecule has 0 radical (unpaired) electrons. The fourth-order valence-corrected chi connectivity index (χ4v) is 2.59. The minimum absolute atomic E-state index is 0. The first-order valence-corrected chi connectivity index (χ1v) is 9.13. The minimum atomic E-state index is -4.59. The molecular formula is C19H16Cl2F6K2N2O6. The van der Waals surface area contributed by atoms with Gasteiger partial charge in [0, 0.05) is 5.56 Å². The Morgan fingerprint density at radius 1 is 1.00 bits per heavy atom. The fourth-order valence-electron chi connectivity index (χ4n) is 2.16. The Bertz CT molecular complexity index is 1070. The SMILES string of the molecule is Cc1cc(C#N)cc(C(F)(F)F)c1Cl.Cc1cc(C(N)=O)cc(C(F)(F)F)c1Cl.O=CO[O-].OO.[H-].[K+].[K+]. The summed E-state index contributed by atoms with van der Waals surface area (Å²) in [4.78, 5) is 22.0. The van der Waals surface area contributed by atoms with Crippen molar-refractivity contribution in [1.29, 1.82) is 5.26 Å². The zero-order valence-corrected chi connectivity index (χ0v) is 27.2. The average molecular weight is 631 g/mol. The maximum absolute atomic E-state index is 12.4. The molecule has 0 aromatic heterocycles. The van der Waals surface area contributed by atoms with Gasteiger partial charge < -0.3 is 17.3 Å². The van der Waals surface area contributed by atoms with Gasteiger partial charge in [-0.2, -0.15) is 31.6 Å². The average Bonchev–Trinajstić information content (AvgIpc) is 2.77. The molecule has 2 rings (SSSR count). The third-order valence-corrected chi connectivity index (χ3v) is 4.58. The van der Waals surface area contributed by atoms with Crippen molar-refractivity contribution in [3.63, 3.8) is 0 Å². The molecule has 0 unspecified atom stereocenters. The van der Waals surface area contributed by atoms with Gasteiger partial charge >= 0.3 is 115 Å². The van der Waals surface area contributed by atoms with Gasteiger partial charge in [-0.1, -0.05) is 23.2 Å². The van der Waals surface area contributed by atoms with E-state index in [1.807, 2.05) is 0 Å². The molecule has 0 spiro atoms. The third-order valence-electron chi connectivity index (χ3n) is 3.57. The van der Waals surface area contributed by atoms with Crippen LogP contribution in [0.1, 0.15) is 39.6 Å². The van der Waals surface area contributed by atoms with Crippen LogP contribution in [-0.2, 0) is 22.0 Å². The number of benzene rings is 2. The number of carbonyl (C=O) groups excluding carboxylic acids is 2. The second-order valence-electron chi connectivity index (χ2n) is 5.97. The van der Waals surface area contributed by atoms with Gasteiger partial charge in [0.05, 0.1) is 32.8 Å². The molecule has 37 heavy (non-hydrogen) atoms. The number of amides is 1. The topological polar surface area (TPSA) is 157 Å². The van der Waals surface area contributed by atoms with Gasteiger partial charge in [0.2, 0.25) is 5.91 Å². The molecule has 0 heterocycles. The zero-order valence-electron chi connectivity index (χ0n) is 20.5. The third kappa shape index (κ3) is 16.1. The molecule has 0 bridgehead atoms. The minimum Gasteiger partial charge on any atom is -1.00 e. The monoisotopic (exact) mass is 630 g/mol. The van der Waals surface area contributed by atoms with Crippen molar-refractivity contribution < 1.29 is 161 Å². The van der Waals surface area contributed by atoms with Crippen molar-refractivity contribution >= 4 is 35.6 Å². The maximum Gasteiger partial charge on any atom is 1.00 e. The van der Waals surface area contributed by atoms with Crippen LogP contribution in [0.25, 0.3) is 0 Å². The molecule has 0 aliphatic carbocycles. The van der Waals surface area contributed by atoms with Crippen LogP contribution < -0.4 is 114 Å². The van der Waals surface area contributed by atoms with E-state index in [1.165, 1.54) is 26.0 Å². The predicted molar refractivity (Wildman–Crippen MR) is 109 cm³/mol. The Labute approximate surface area is 302 Å². The molecule has 0 saturated heterocycles. The summed E-state index contributed by atoms with van der Waals surface area (Å²) in [7, 11) is 0. The molecule has 0 atom stereocenters. The molecule has 0 aliphatic rings. The van der Waals surface area contributed by atoms with Gasteiger partial charge in [0.15, 0.2) is 0 Å². The Morgan fingerprint density at radius 2 is 1.35 bits per heavy atom. The van der Waals surface area contributed by atoms with Crippen LogP contribution in [0.15, 0.2) is 24.3 Å². The normalized spacial score (nSPS) is 9.62. The first-order valence-electron chi connectivity index (χ1n) is 8.38. The summed E-state index contributed by atoms with van der Waals surface area (Å²) in [6.07, 6.45) is -9.11. The number of rotatable bonds is 2. The first kappa shape index (κ1) is 44.2. The van der Waals surface area contributed by atoms with Gasteiger partial charge in [-0.25, -0.2) is 0 Å². The van der Waals surface area contributed by atoms with Gasteiger partial charge in [0.25, 0.3) is 6.47 Å².